The second-order valence-corrected chi connectivity index (χ2v) is 2.64. The number of hydrogen-bond acceptors (Lipinski definition) is 2. The molecule has 0 spiro atoms. The van der Waals surface area contributed by atoms with Crippen molar-refractivity contribution in [2.75, 3.05) is 6.61 Å². The first kappa shape index (κ1) is 8.30. The molecule has 1 heterocycles. The molecule has 1 unspecified atom stereocenters. The van der Waals surface area contributed by atoms with Crippen LogP contribution in [0.1, 0.15) is 18.7 Å². The Labute approximate surface area is 66.4 Å². The van der Waals surface area contributed by atoms with Crippen LogP contribution in [-0.4, -0.2) is 16.3 Å². The molecule has 0 bridgehead atoms. The van der Waals surface area contributed by atoms with Crippen LogP contribution >= 0.6 is 0 Å². The number of nitrogens with zero attached hydrogens (tertiary/aromatic N) is 1. The molecule has 0 saturated heterocycles. The normalized spacial score (nSPS) is 13.4. The van der Waals surface area contributed by atoms with Crippen molar-refractivity contribution in [2.24, 2.45) is 5.73 Å². The van der Waals surface area contributed by atoms with Crippen LogP contribution < -0.4 is 5.73 Å². The predicted molar refractivity (Wildman–Crippen MR) is 44.1 cm³/mol. The number of hydrogen-bond donors (Lipinski definition) is 2. The molecule has 0 aliphatic rings. The van der Waals surface area contributed by atoms with Gasteiger partial charge in [0.2, 0.25) is 0 Å². The first-order chi connectivity index (χ1) is 5.25. The zero-order valence-electron chi connectivity index (χ0n) is 6.70. The smallest absolute Gasteiger partial charge is 0.0610 e. The molecule has 3 N–H and O–H groups in total. The van der Waals surface area contributed by atoms with E-state index in [0.29, 0.717) is 6.54 Å². The third-order valence-electron chi connectivity index (χ3n) is 1.67. The Morgan fingerprint density at radius 1 is 1.73 bits per heavy atom. The molecule has 1 rings (SSSR count). The van der Waals surface area contributed by atoms with Crippen molar-refractivity contribution in [2.45, 2.75) is 19.5 Å². The Morgan fingerprint density at radius 2 is 2.45 bits per heavy atom. The maximum atomic E-state index is 8.68. The van der Waals surface area contributed by atoms with Gasteiger partial charge in [-0.25, -0.2) is 0 Å². The molecule has 3 heteroatoms. The molecule has 3 nitrogen and oxygen atoms in total. The van der Waals surface area contributed by atoms with Crippen LogP contribution in [-0.2, 0) is 6.54 Å². The first-order valence-corrected chi connectivity index (χ1v) is 3.77. The summed E-state index contributed by atoms with van der Waals surface area (Å²) in [4.78, 5) is 0. The van der Waals surface area contributed by atoms with Crippen molar-refractivity contribution in [3.63, 3.8) is 0 Å². The lowest BCUT2D eigenvalue weighted by Crippen LogP contribution is -2.13. The lowest BCUT2D eigenvalue weighted by Gasteiger charge is -2.09. The number of nitrogens with two attached hydrogens (primary N) is 1. The molecule has 0 radical (unpaired) electrons. The van der Waals surface area contributed by atoms with Crippen molar-refractivity contribution in [1.82, 2.24) is 4.57 Å². The minimum atomic E-state index is 0.0385. The minimum Gasteiger partial charge on any atom is -0.395 e. The summed E-state index contributed by atoms with van der Waals surface area (Å²) in [5, 5.41) is 8.68. The van der Waals surface area contributed by atoms with Gasteiger partial charge in [0.1, 0.15) is 0 Å². The third-order valence-corrected chi connectivity index (χ3v) is 1.67. The van der Waals surface area contributed by atoms with Gasteiger partial charge in [0.05, 0.1) is 6.61 Å². The van der Waals surface area contributed by atoms with E-state index in [2.05, 4.69) is 0 Å². The van der Waals surface area contributed by atoms with Gasteiger partial charge in [-0.3, -0.25) is 0 Å². The van der Waals surface area contributed by atoms with E-state index in [1.54, 1.807) is 0 Å². The maximum Gasteiger partial charge on any atom is 0.0610 e. The van der Waals surface area contributed by atoms with Gasteiger partial charge in [-0.15, -0.1) is 0 Å². The molecule has 0 aromatic carbocycles. The fraction of sp³-hybridized carbons (Fsp3) is 0.500. The number of aliphatic hydroxyl groups excluding tert-OH is 1. The summed E-state index contributed by atoms with van der Waals surface area (Å²) in [5.74, 6) is 0. The molecular formula is C8H14N2O. The van der Waals surface area contributed by atoms with E-state index in [1.807, 2.05) is 29.8 Å². The van der Waals surface area contributed by atoms with Crippen molar-refractivity contribution < 1.29 is 5.11 Å². The summed E-state index contributed by atoms with van der Waals surface area (Å²) in [5.41, 5.74) is 6.76. The van der Waals surface area contributed by atoms with E-state index in [1.165, 1.54) is 0 Å². The molecule has 1 aromatic rings. The van der Waals surface area contributed by atoms with Gasteiger partial charge in [-0.2, -0.15) is 0 Å². The van der Waals surface area contributed by atoms with E-state index in [0.717, 1.165) is 5.69 Å². The van der Waals surface area contributed by atoms with Crippen LogP contribution in [0, 0.1) is 0 Å². The highest BCUT2D eigenvalue weighted by Crippen LogP contribution is 2.09. The van der Waals surface area contributed by atoms with Crippen LogP contribution in [0.15, 0.2) is 18.3 Å². The van der Waals surface area contributed by atoms with E-state index in [9.17, 15) is 0 Å². The zero-order valence-corrected chi connectivity index (χ0v) is 6.70. The molecular weight excluding hydrogens is 140 g/mol. The van der Waals surface area contributed by atoms with Crippen molar-refractivity contribution in [3.8, 4) is 0 Å². The summed E-state index contributed by atoms with van der Waals surface area (Å²) >= 11 is 0. The van der Waals surface area contributed by atoms with Crippen LogP contribution in [0.2, 0.25) is 0 Å². The highest BCUT2D eigenvalue weighted by atomic mass is 16.3. The zero-order chi connectivity index (χ0) is 8.27. The minimum absolute atomic E-state index is 0.0385. The van der Waals surface area contributed by atoms with Crippen LogP contribution in [0.25, 0.3) is 0 Å². The molecule has 0 fully saturated rings. The predicted octanol–water partition coefficient (Wildman–Crippen LogP) is 0.500. The summed E-state index contributed by atoms with van der Waals surface area (Å²) < 4.78 is 1.96. The fourth-order valence-electron chi connectivity index (χ4n) is 1.15. The topological polar surface area (TPSA) is 51.2 Å². The van der Waals surface area contributed by atoms with Crippen molar-refractivity contribution in [3.05, 3.63) is 24.0 Å². The van der Waals surface area contributed by atoms with E-state index < -0.39 is 0 Å². The molecule has 0 aliphatic heterocycles. The molecule has 1 aromatic heterocycles. The maximum absolute atomic E-state index is 8.68. The van der Waals surface area contributed by atoms with Gasteiger partial charge in [-0.05, 0) is 19.1 Å². The lowest BCUT2D eigenvalue weighted by atomic mass is 10.2. The SMILES string of the molecule is CC(N)c1cccn1CCO. The molecule has 62 valence electrons. The molecule has 11 heavy (non-hydrogen) atoms. The van der Waals surface area contributed by atoms with Crippen molar-refractivity contribution >= 4 is 0 Å². The van der Waals surface area contributed by atoms with Gasteiger partial charge in [-0.1, -0.05) is 0 Å². The Balaban J connectivity index is 2.78. The second-order valence-electron chi connectivity index (χ2n) is 2.64. The van der Waals surface area contributed by atoms with Gasteiger partial charge in [0.15, 0.2) is 0 Å². The number of aromatic nitrogens is 1. The average molecular weight is 154 g/mol. The van der Waals surface area contributed by atoms with Crippen molar-refractivity contribution in [1.29, 1.82) is 0 Å². The standard InChI is InChI=1S/C8H14N2O/c1-7(9)8-3-2-4-10(8)5-6-11/h2-4,7,11H,5-6,9H2,1H3. The van der Waals surface area contributed by atoms with Gasteiger partial charge >= 0.3 is 0 Å². The van der Waals surface area contributed by atoms with E-state index in [-0.39, 0.29) is 12.6 Å². The first-order valence-electron chi connectivity index (χ1n) is 3.77. The number of rotatable bonds is 3. The second kappa shape index (κ2) is 3.55. The largest absolute Gasteiger partial charge is 0.395 e. The van der Waals surface area contributed by atoms with Gasteiger partial charge in [0.25, 0.3) is 0 Å². The van der Waals surface area contributed by atoms with Gasteiger partial charge < -0.3 is 15.4 Å². The van der Waals surface area contributed by atoms with Crippen LogP contribution in [0.4, 0.5) is 0 Å². The highest BCUT2D eigenvalue weighted by molar-refractivity contribution is 5.10. The van der Waals surface area contributed by atoms with Crippen LogP contribution in [0.5, 0.6) is 0 Å². The molecule has 1 atom stereocenters. The Kier molecular flexibility index (Phi) is 2.68. The van der Waals surface area contributed by atoms with E-state index in [4.69, 9.17) is 10.8 Å². The Hall–Kier alpha value is -0.800. The monoisotopic (exact) mass is 154 g/mol. The van der Waals surface area contributed by atoms with Crippen LogP contribution in [0.3, 0.4) is 0 Å². The molecule has 0 amide bonds. The average Bonchev–Trinajstić information content (AvgIpc) is 2.36. The molecule has 0 aliphatic carbocycles. The number of aliphatic hydroxyl groups is 1. The Bertz CT molecular complexity index is 218. The quantitative estimate of drug-likeness (QED) is 0.666. The summed E-state index contributed by atoms with van der Waals surface area (Å²) in [7, 11) is 0. The highest BCUT2D eigenvalue weighted by Gasteiger charge is 2.03. The summed E-state index contributed by atoms with van der Waals surface area (Å²) in [6.45, 7) is 2.72. The van der Waals surface area contributed by atoms with Gasteiger partial charge in [0, 0.05) is 24.5 Å². The summed E-state index contributed by atoms with van der Waals surface area (Å²) in [6, 6.07) is 3.95. The van der Waals surface area contributed by atoms with E-state index >= 15 is 0 Å². The third kappa shape index (κ3) is 1.82. The summed E-state index contributed by atoms with van der Waals surface area (Å²) in [6.07, 6.45) is 1.93. The fourth-order valence-corrected chi connectivity index (χ4v) is 1.15. The Morgan fingerprint density at radius 3 is 3.00 bits per heavy atom. The molecule has 0 saturated carbocycles. The lowest BCUT2D eigenvalue weighted by molar-refractivity contribution is 0.274.